The van der Waals surface area contributed by atoms with E-state index in [0.717, 1.165) is 0 Å². The van der Waals surface area contributed by atoms with Crippen LogP contribution in [0.15, 0.2) is 4.52 Å². The quantitative estimate of drug-likeness (QED) is 0.747. The van der Waals surface area contributed by atoms with E-state index in [4.69, 9.17) is 15.0 Å². The van der Waals surface area contributed by atoms with Gasteiger partial charge in [-0.15, -0.1) is 0 Å². The van der Waals surface area contributed by atoms with Crippen LogP contribution < -0.4 is 5.73 Å². The molecule has 0 amide bonds. The average molecular weight is 213 g/mol. The fourth-order valence-electron chi connectivity index (χ4n) is 0.934. The molecule has 1 rings (SSSR count). The first-order chi connectivity index (χ1) is 7.06. The Bertz CT molecular complexity index is 335. The number of nitrogens with zero attached hydrogens (tertiary/aromatic N) is 2. The molecule has 1 aromatic rings. The molecule has 0 unspecified atom stereocenters. The molecule has 1 heterocycles. The second kappa shape index (κ2) is 4.88. The van der Waals surface area contributed by atoms with Gasteiger partial charge in [-0.3, -0.25) is 0 Å². The van der Waals surface area contributed by atoms with Gasteiger partial charge in [-0.05, 0) is 18.0 Å². The highest BCUT2D eigenvalue weighted by molar-refractivity contribution is 5.84. The van der Waals surface area contributed by atoms with E-state index >= 15 is 0 Å². The molecule has 1 aromatic heterocycles. The van der Waals surface area contributed by atoms with Crippen molar-refractivity contribution in [3.05, 3.63) is 11.7 Å². The molecule has 0 aromatic carbocycles. The zero-order valence-electron chi connectivity index (χ0n) is 9.06. The van der Waals surface area contributed by atoms with E-state index in [9.17, 15) is 4.79 Å². The van der Waals surface area contributed by atoms with Crippen molar-refractivity contribution in [1.29, 1.82) is 0 Å². The molecule has 0 saturated carbocycles. The molecule has 1 atom stereocenters. The third-order valence-corrected chi connectivity index (χ3v) is 1.90. The van der Waals surface area contributed by atoms with E-state index in [1.807, 2.05) is 13.8 Å². The maximum absolute atomic E-state index is 11.2. The normalized spacial score (nSPS) is 12.9. The van der Waals surface area contributed by atoms with Crippen LogP contribution in [0.4, 0.5) is 0 Å². The molecule has 84 valence electrons. The van der Waals surface area contributed by atoms with Crippen molar-refractivity contribution in [2.75, 3.05) is 6.61 Å². The minimum atomic E-state index is -0.594. The molecule has 0 bridgehead atoms. The molecule has 0 aliphatic heterocycles. The topological polar surface area (TPSA) is 91.2 Å². The van der Waals surface area contributed by atoms with E-state index < -0.39 is 5.97 Å². The van der Waals surface area contributed by atoms with Crippen molar-refractivity contribution >= 4 is 5.97 Å². The molecule has 15 heavy (non-hydrogen) atoms. The Kier molecular flexibility index (Phi) is 3.79. The lowest BCUT2D eigenvalue weighted by Gasteiger charge is -2.08. The molecule has 0 aliphatic rings. The van der Waals surface area contributed by atoms with Crippen LogP contribution in [0.5, 0.6) is 0 Å². The molecule has 6 heteroatoms. The Balaban J connectivity index is 2.76. The first-order valence-corrected chi connectivity index (χ1v) is 4.82. The van der Waals surface area contributed by atoms with Crippen LogP contribution in [0.3, 0.4) is 0 Å². The highest BCUT2D eigenvalue weighted by Gasteiger charge is 2.21. The van der Waals surface area contributed by atoms with Gasteiger partial charge in [0.2, 0.25) is 5.89 Å². The molecule has 0 spiro atoms. The maximum atomic E-state index is 11.2. The zero-order valence-corrected chi connectivity index (χ0v) is 9.06. The van der Waals surface area contributed by atoms with Crippen LogP contribution in [-0.4, -0.2) is 22.7 Å². The third-order valence-electron chi connectivity index (χ3n) is 1.90. The second-order valence-electron chi connectivity index (χ2n) is 3.45. The summed E-state index contributed by atoms with van der Waals surface area (Å²) in [5, 5.41) is 3.50. The summed E-state index contributed by atoms with van der Waals surface area (Å²) in [7, 11) is 0. The summed E-state index contributed by atoms with van der Waals surface area (Å²) in [6, 6.07) is -0.360. The number of aromatic nitrogens is 2. The largest absolute Gasteiger partial charge is 0.460 e. The van der Waals surface area contributed by atoms with E-state index in [0.29, 0.717) is 0 Å². The number of hydrogen-bond acceptors (Lipinski definition) is 6. The highest BCUT2D eigenvalue weighted by Crippen LogP contribution is 2.16. The molecule has 0 fully saturated rings. The Morgan fingerprint density at radius 3 is 2.80 bits per heavy atom. The van der Waals surface area contributed by atoms with Gasteiger partial charge in [0.05, 0.1) is 12.6 Å². The fraction of sp³-hybridized carbons (Fsp3) is 0.667. The first-order valence-electron chi connectivity index (χ1n) is 4.82. The van der Waals surface area contributed by atoms with Gasteiger partial charge < -0.3 is 15.0 Å². The van der Waals surface area contributed by atoms with Crippen LogP contribution in [0.25, 0.3) is 0 Å². The lowest BCUT2D eigenvalue weighted by Crippen LogP contribution is -2.17. The van der Waals surface area contributed by atoms with Crippen molar-refractivity contribution in [1.82, 2.24) is 10.1 Å². The molecule has 0 aliphatic carbocycles. The van der Waals surface area contributed by atoms with Gasteiger partial charge >= 0.3 is 5.97 Å². The maximum Gasteiger partial charge on any atom is 0.379 e. The summed E-state index contributed by atoms with van der Waals surface area (Å²) < 4.78 is 9.58. The predicted octanol–water partition coefficient (Wildman–Crippen LogP) is 0.902. The van der Waals surface area contributed by atoms with E-state index in [1.165, 1.54) is 0 Å². The Labute approximate surface area is 87.8 Å². The Hall–Kier alpha value is -1.43. The number of rotatable bonds is 4. The summed E-state index contributed by atoms with van der Waals surface area (Å²) in [4.78, 5) is 15.1. The molecule has 0 saturated heterocycles. The number of carbonyl (C=O) groups excluding carboxylic acids is 1. The molecule has 6 nitrogen and oxygen atoms in total. The molecule has 2 N–H and O–H groups in total. The number of nitrogens with two attached hydrogens (primary N) is 1. The van der Waals surface area contributed by atoms with Crippen molar-refractivity contribution in [2.45, 2.75) is 26.8 Å². The summed E-state index contributed by atoms with van der Waals surface area (Å²) in [5.41, 5.74) is 5.78. The van der Waals surface area contributed by atoms with E-state index in [2.05, 4.69) is 10.1 Å². The van der Waals surface area contributed by atoms with Crippen molar-refractivity contribution in [3.63, 3.8) is 0 Å². The zero-order chi connectivity index (χ0) is 11.4. The Morgan fingerprint density at radius 1 is 1.60 bits per heavy atom. The average Bonchev–Trinajstić information content (AvgIpc) is 2.65. The number of esters is 1. The van der Waals surface area contributed by atoms with Crippen molar-refractivity contribution in [2.24, 2.45) is 11.7 Å². The molecule has 0 radical (unpaired) electrons. The molecular weight excluding hydrogens is 198 g/mol. The SMILES string of the molecule is CCOC(=O)c1noc([C@@H](N)C(C)C)n1. The van der Waals surface area contributed by atoms with Gasteiger partial charge in [-0.2, -0.15) is 4.98 Å². The summed E-state index contributed by atoms with van der Waals surface area (Å²) >= 11 is 0. The van der Waals surface area contributed by atoms with Gasteiger partial charge in [-0.1, -0.05) is 13.8 Å². The van der Waals surface area contributed by atoms with E-state index in [1.54, 1.807) is 6.92 Å². The van der Waals surface area contributed by atoms with Crippen molar-refractivity contribution in [3.8, 4) is 0 Å². The van der Waals surface area contributed by atoms with Gasteiger partial charge in [0, 0.05) is 0 Å². The van der Waals surface area contributed by atoms with Crippen molar-refractivity contribution < 1.29 is 14.1 Å². The van der Waals surface area contributed by atoms with Gasteiger partial charge in [0.25, 0.3) is 5.82 Å². The number of hydrogen-bond donors (Lipinski definition) is 1. The minimum Gasteiger partial charge on any atom is -0.460 e. The first kappa shape index (κ1) is 11.6. The molecular formula is C9H15N3O3. The van der Waals surface area contributed by atoms with Gasteiger partial charge in [-0.25, -0.2) is 4.79 Å². The van der Waals surface area contributed by atoms with Gasteiger partial charge in [0.1, 0.15) is 0 Å². The number of ether oxygens (including phenoxy) is 1. The smallest absolute Gasteiger partial charge is 0.379 e. The Morgan fingerprint density at radius 2 is 2.27 bits per heavy atom. The van der Waals surface area contributed by atoms with Crippen LogP contribution >= 0.6 is 0 Å². The summed E-state index contributed by atoms with van der Waals surface area (Å²) in [5.74, 6) is -0.250. The highest BCUT2D eigenvalue weighted by atomic mass is 16.5. The fourth-order valence-corrected chi connectivity index (χ4v) is 0.934. The van der Waals surface area contributed by atoms with Gasteiger partial charge in [0.15, 0.2) is 0 Å². The van der Waals surface area contributed by atoms with E-state index in [-0.39, 0.29) is 30.3 Å². The summed E-state index contributed by atoms with van der Waals surface area (Å²) in [6.45, 7) is 5.84. The number of carbonyl (C=O) groups is 1. The summed E-state index contributed by atoms with van der Waals surface area (Å²) in [6.07, 6.45) is 0. The predicted molar refractivity (Wildman–Crippen MR) is 52.0 cm³/mol. The van der Waals surface area contributed by atoms with Crippen LogP contribution in [0, 0.1) is 5.92 Å². The van der Waals surface area contributed by atoms with Crippen LogP contribution in [-0.2, 0) is 4.74 Å². The lowest BCUT2D eigenvalue weighted by molar-refractivity contribution is 0.0508. The second-order valence-corrected chi connectivity index (χ2v) is 3.45. The van der Waals surface area contributed by atoms with Crippen LogP contribution in [0.1, 0.15) is 43.3 Å². The lowest BCUT2D eigenvalue weighted by atomic mass is 10.1. The monoisotopic (exact) mass is 213 g/mol. The minimum absolute atomic E-state index is 0.0806. The standard InChI is InChI=1S/C9H15N3O3/c1-4-14-9(13)7-11-8(15-12-7)6(10)5(2)3/h5-6H,4,10H2,1-3H3/t6-/m0/s1. The third kappa shape index (κ3) is 2.76. The van der Waals surface area contributed by atoms with Crippen LogP contribution in [0.2, 0.25) is 0 Å².